The number of aryl methyl sites for hydroxylation is 1. The van der Waals surface area contributed by atoms with Crippen molar-refractivity contribution in [1.29, 1.82) is 0 Å². The van der Waals surface area contributed by atoms with Gasteiger partial charge in [0.15, 0.2) is 0 Å². The van der Waals surface area contributed by atoms with Gasteiger partial charge in [-0.3, -0.25) is 4.68 Å². The topological polar surface area (TPSA) is 64.0 Å². The highest BCUT2D eigenvalue weighted by Gasteiger charge is 2.23. The van der Waals surface area contributed by atoms with Gasteiger partial charge in [-0.15, -0.1) is 0 Å². The molecule has 0 saturated carbocycles. The van der Waals surface area contributed by atoms with Crippen molar-refractivity contribution in [3.05, 3.63) is 83.7 Å². The van der Waals surface area contributed by atoms with Crippen LogP contribution in [-0.2, 0) is 23.5 Å². The molecule has 0 amide bonds. The summed E-state index contributed by atoms with van der Waals surface area (Å²) in [6, 6.07) is 10.8. The molecule has 1 atom stereocenters. The molecule has 0 saturated heterocycles. The van der Waals surface area contributed by atoms with E-state index in [1.54, 1.807) is 25.2 Å². The Morgan fingerprint density at radius 1 is 1.12 bits per heavy atom. The molecule has 26 heavy (non-hydrogen) atoms. The first-order valence-electron chi connectivity index (χ1n) is 7.84. The van der Waals surface area contributed by atoms with Gasteiger partial charge >= 0.3 is 0 Å². The maximum atomic E-state index is 13.6. The lowest BCUT2D eigenvalue weighted by molar-refractivity contribution is 0.550. The fourth-order valence-electron chi connectivity index (χ4n) is 2.64. The highest BCUT2D eigenvalue weighted by atomic mass is 32.2. The fraction of sp³-hybridized carbons (Fsp3) is 0.167. The van der Waals surface area contributed by atoms with Crippen LogP contribution in [0.2, 0.25) is 0 Å². The molecule has 1 aromatic heterocycles. The summed E-state index contributed by atoms with van der Waals surface area (Å²) in [5.74, 6) is -0.900. The van der Waals surface area contributed by atoms with Crippen LogP contribution in [0, 0.1) is 11.6 Å². The predicted octanol–water partition coefficient (Wildman–Crippen LogP) is 2.96. The van der Waals surface area contributed by atoms with Crippen LogP contribution in [-0.4, -0.2) is 18.2 Å². The van der Waals surface area contributed by atoms with Crippen molar-refractivity contribution in [2.75, 3.05) is 0 Å². The number of aromatic nitrogens is 2. The molecule has 3 aromatic rings. The van der Waals surface area contributed by atoms with Gasteiger partial charge in [0.25, 0.3) is 0 Å². The number of nitrogens with one attached hydrogen (secondary N) is 1. The average molecular weight is 377 g/mol. The molecule has 0 radical (unpaired) electrons. The van der Waals surface area contributed by atoms with Crippen molar-refractivity contribution in [2.24, 2.45) is 7.05 Å². The minimum Gasteiger partial charge on any atom is -0.274 e. The molecule has 0 aliphatic heterocycles. The van der Waals surface area contributed by atoms with Crippen molar-refractivity contribution in [3.8, 4) is 0 Å². The van der Waals surface area contributed by atoms with Gasteiger partial charge in [-0.25, -0.2) is 21.9 Å². The second-order valence-corrected chi connectivity index (χ2v) is 7.63. The van der Waals surface area contributed by atoms with Crippen LogP contribution in [0.3, 0.4) is 0 Å². The zero-order valence-electron chi connectivity index (χ0n) is 13.9. The first kappa shape index (κ1) is 18.2. The van der Waals surface area contributed by atoms with E-state index >= 15 is 0 Å². The lowest BCUT2D eigenvalue weighted by Gasteiger charge is -2.19. The Kier molecular flexibility index (Phi) is 5.15. The number of halogens is 2. The first-order chi connectivity index (χ1) is 12.3. The molecule has 0 aliphatic rings. The normalized spacial score (nSPS) is 12.9. The molecule has 3 rings (SSSR count). The van der Waals surface area contributed by atoms with Gasteiger partial charge in [-0.1, -0.05) is 24.3 Å². The van der Waals surface area contributed by atoms with Gasteiger partial charge in [0, 0.05) is 13.2 Å². The Bertz CT molecular complexity index is 1020. The number of rotatable bonds is 6. The summed E-state index contributed by atoms with van der Waals surface area (Å²) in [6.07, 6.45) is 2.76. The third kappa shape index (κ3) is 4.33. The molecule has 1 N–H and O–H groups in total. The Morgan fingerprint density at radius 2 is 1.81 bits per heavy atom. The molecule has 8 heteroatoms. The highest BCUT2D eigenvalue weighted by Crippen LogP contribution is 2.22. The molecule has 0 unspecified atom stereocenters. The maximum Gasteiger partial charge on any atom is 0.244 e. The molecular formula is C18H17F2N3O2S. The van der Waals surface area contributed by atoms with Crippen molar-refractivity contribution in [1.82, 2.24) is 14.5 Å². The molecule has 0 aliphatic carbocycles. The Labute approximate surface area is 150 Å². The lowest BCUT2D eigenvalue weighted by Crippen LogP contribution is -2.30. The Hall–Kier alpha value is -2.58. The van der Waals surface area contributed by atoms with Crippen LogP contribution in [0.15, 0.2) is 65.8 Å². The standard InChI is InChI=1S/C18H17F2N3O2S/c1-23-12-17(11-21-23)26(24,25)22-18(14-5-3-7-16(20)10-14)9-13-4-2-6-15(19)8-13/h2-8,10-12,18,22H,9H2,1H3/t18-/m1/s1. The number of hydrogen-bond donors (Lipinski definition) is 1. The number of hydrogen-bond acceptors (Lipinski definition) is 3. The van der Waals surface area contributed by atoms with E-state index in [-0.39, 0.29) is 11.3 Å². The van der Waals surface area contributed by atoms with Crippen LogP contribution in [0.25, 0.3) is 0 Å². The van der Waals surface area contributed by atoms with Crippen LogP contribution in [0.1, 0.15) is 17.2 Å². The second-order valence-electron chi connectivity index (χ2n) is 5.91. The van der Waals surface area contributed by atoms with E-state index in [1.807, 2.05) is 0 Å². The molecule has 0 fully saturated rings. The number of nitrogens with zero attached hydrogens (tertiary/aromatic N) is 2. The van der Waals surface area contributed by atoms with Crippen LogP contribution < -0.4 is 4.72 Å². The molecule has 2 aromatic carbocycles. The summed E-state index contributed by atoms with van der Waals surface area (Å²) in [5, 5.41) is 3.86. The van der Waals surface area contributed by atoms with Crippen molar-refractivity contribution in [3.63, 3.8) is 0 Å². The summed E-state index contributed by atoms with van der Waals surface area (Å²) in [5.41, 5.74) is 1.04. The number of benzene rings is 2. The quantitative estimate of drug-likeness (QED) is 0.718. The summed E-state index contributed by atoms with van der Waals surface area (Å²) in [6.45, 7) is 0. The minimum atomic E-state index is -3.88. The molecule has 136 valence electrons. The third-order valence-electron chi connectivity index (χ3n) is 3.87. The van der Waals surface area contributed by atoms with E-state index in [1.165, 1.54) is 47.4 Å². The Balaban J connectivity index is 1.95. The van der Waals surface area contributed by atoms with E-state index in [0.717, 1.165) is 0 Å². The molecule has 0 bridgehead atoms. The van der Waals surface area contributed by atoms with Crippen LogP contribution >= 0.6 is 0 Å². The van der Waals surface area contributed by atoms with Crippen molar-refractivity contribution < 1.29 is 17.2 Å². The van der Waals surface area contributed by atoms with Crippen LogP contribution in [0.4, 0.5) is 8.78 Å². The summed E-state index contributed by atoms with van der Waals surface area (Å²) in [7, 11) is -2.27. The van der Waals surface area contributed by atoms with E-state index in [4.69, 9.17) is 0 Å². The van der Waals surface area contributed by atoms with Gasteiger partial charge < -0.3 is 0 Å². The first-order valence-corrected chi connectivity index (χ1v) is 9.33. The average Bonchev–Trinajstić information content (AvgIpc) is 3.02. The SMILES string of the molecule is Cn1cc(S(=O)(=O)N[C@H](Cc2cccc(F)c2)c2cccc(F)c2)cn1. The summed E-state index contributed by atoms with van der Waals surface area (Å²) in [4.78, 5) is 0.000597. The van der Waals surface area contributed by atoms with Gasteiger partial charge in [0.2, 0.25) is 10.0 Å². The van der Waals surface area contributed by atoms with Crippen LogP contribution in [0.5, 0.6) is 0 Å². The Morgan fingerprint density at radius 3 is 2.42 bits per heavy atom. The smallest absolute Gasteiger partial charge is 0.244 e. The molecule has 1 heterocycles. The van der Waals surface area contributed by atoms with E-state index in [2.05, 4.69) is 9.82 Å². The monoisotopic (exact) mass is 377 g/mol. The summed E-state index contributed by atoms with van der Waals surface area (Å²) >= 11 is 0. The van der Waals surface area contributed by atoms with Gasteiger partial charge in [-0.2, -0.15) is 5.10 Å². The van der Waals surface area contributed by atoms with E-state index in [9.17, 15) is 17.2 Å². The van der Waals surface area contributed by atoms with Gasteiger partial charge in [-0.05, 0) is 41.8 Å². The summed E-state index contributed by atoms with van der Waals surface area (Å²) < 4.78 is 56.3. The minimum absolute atomic E-state index is 0.000597. The highest BCUT2D eigenvalue weighted by molar-refractivity contribution is 7.89. The van der Waals surface area contributed by atoms with E-state index in [0.29, 0.717) is 11.1 Å². The maximum absolute atomic E-state index is 13.6. The van der Waals surface area contributed by atoms with Gasteiger partial charge in [0.05, 0.1) is 12.2 Å². The van der Waals surface area contributed by atoms with Gasteiger partial charge in [0.1, 0.15) is 16.5 Å². The second kappa shape index (κ2) is 7.35. The van der Waals surface area contributed by atoms with E-state index < -0.39 is 27.7 Å². The zero-order chi connectivity index (χ0) is 18.7. The predicted molar refractivity (Wildman–Crippen MR) is 92.8 cm³/mol. The largest absolute Gasteiger partial charge is 0.274 e. The fourth-order valence-corrected chi connectivity index (χ4v) is 3.85. The lowest BCUT2D eigenvalue weighted by atomic mass is 9.99. The molecular weight excluding hydrogens is 360 g/mol. The number of sulfonamides is 1. The third-order valence-corrected chi connectivity index (χ3v) is 5.30. The van der Waals surface area contributed by atoms with Crippen molar-refractivity contribution >= 4 is 10.0 Å². The molecule has 0 spiro atoms. The zero-order valence-corrected chi connectivity index (χ0v) is 14.7. The molecule has 5 nitrogen and oxygen atoms in total. The van der Waals surface area contributed by atoms with Crippen molar-refractivity contribution in [2.45, 2.75) is 17.4 Å².